The molecular weight excluding hydrogens is 383 g/mol. The van der Waals surface area contributed by atoms with Gasteiger partial charge in [-0.3, -0.25) is 0 Å². The molecule has 1 aliphatic heterocycles. The Balaban J connectivity index is 3.41. The van der Waals surface area contributed by atoms with Gasteiger partial charge in [0.25, 0.3) is 6.10 Å². The lowest BCUT2D eigenvalue weighted by Gasteiger charge is -2.67. The second-order valence-corrected chi connectivity index (χ2v) is 9.42. The molecule has 154 valence electrons. The highest BCUT2D eigenvalue weighted by atomic mass is 19.4. The van der Waals surface area contributed by atoms with Crippen molar-refractivity contribution in [2.45, 2.75) is 67.3 Å². The van der Waals surface area contributed by atoms with Crippen molar-refractivity contribution in [3.05, 3.63) is 0 Å². The Kier molecular flexibility index (Phi) is 6.45. The molecule has 0 aromatic heterocycles. The summed E-state index contributed by atoms with van der Waals surface area (Å²) in [5, 5.41) is -2.19. The van der Waals surface area contributed by atoms with Crippen molar-refractivity contribution in [1.29, 1.82) is 0 Å². The molecule has 4 nitrogen and oxygen atoms in total. The predicted octanol–water partition coefficient (Wildman–Crippen LogP) is -3.21. The van der Waals surface area contributed by atoms with E-state index in [1.165, 1.54) is 0 Å². The Labute approximate surface area is 166 Å². The SMILES string of the molecule is BC1N(C(C)(C)C)C(B)C(B)(B)N(C(=O)OC(C(F)(F)F)C(F)(F)F)C1(B)B. The summed E-state index contributed by atoms with van der Waals surface area (Å²) in [6.07, 6.45) is -17.3. The lowest BCUT2D eigenvalue weighted by atomic mass is 9.40. The highest BCUT2D eigenvalue weighted by Crippen LogP contribution is 2.40. The zero-order chi connectivity index (χ0) is 22.7. The number of ether oxygens (including phenoxy) is 1. The molecule has 28 heavy (non-hydrogen) atoms. The predicted molar refractivity (Wildman–Crippen MR) is 110 cm³/mol. The topological polar surface area (TPSA) is 32.8 Å². The largest absolute Gasteiger partial charge is 0.434 e. The number of carbonyl (C=O) groups is 1. The van der Waals surface area contributed by atoms with Gasteiger partial charge < -0.3 is 14.5 Å². The summed E-state index contributed by atoms with van der Waals surface area (Å²) < 4.78 is 81.3. The van der Waals surface area contributed by atoms with Gasteiger partial charge in [-0.05, 0) is 43.3 Å². The molecule has 0 spiro atoms. The highest BCUT2D eigenvalue weighted by molar-refractivity contribution is 6.50. The van der Waals surface area contributed by atoms with Crippen LogP contribution in [0.4, 0.5) is 31.1 Å². The molecule has 1 amide bonds. The van der Waals surface area contributed by atoms with E-state index < -0.39 is 35.2 Å². The summed E-state index contributed by atoms with van der Waals surface area (Å²) in [5.41, 5.74) is -0.343. The van der Waals surface area contributed by atoms with Gasteiger partial charge in [-0.1, -0.05) is 0 Å². The Hall–Kier alpha value is -0.800. The molecule has 1 saturated heterocycles. The Morgan fingerprint density at radius 3 is 1.46 bits per heavy atom. The van der Waals surface area contributed by atoms with Crippen LogP contribution in [-0.4, -0.2) is 110 Å². The molecule has 0 aliphatic carbocycles. The van der Waals surface area contributed by atoms with Crippen LogP contribution in [0.25, 0.3) is 0 Å². The molecule has 0 saturated carbocycles. The van der Waals surface area contributed by atoms with E-state index in [4.69, 9.17) is 0 Å². The van der Waals surface area contributed by atoms with E-state index in [0.29, 0.717) is 0 Å². The van der Waals surface area contributed by atoms with Gasteiger partial charge in [-0.2, -0.15) is 26.3 Å². The number of amides is 1. The molecule has 1 rings (SSSR count). The smallest absolute Gasteiger partial charge is 0.427 e. The first-order valence-corrected chi connectivity index (χ1v) is 9.00. The number of hydrogen-bond donors (Lipinski definition) is 0. The first-order valence-electron chi connectivity index (χ1n) is 9.00. The van der Waals surface area contributed by atoms with Crippen molar-refractivity contribution in [3.63, 3.8) is 0 Å². The molecule has 1 aliphatic rings. The normalized spacial score (nSPS) is 26.3. The first kappa shape index (κ1) is 25.2. The fourth-order valence-corrected chi connectivity index (χ4v) is 4.24. The van der Waals surface area contributed by atoms with Crippen LogP contribution in [-0.2, 0) is 4.74 Å². The molecule has 0 aromatic rings. The van der Waals surface area contributed by atoms with Crippen molar-refractivity contribution in [3.8, 4) is 0 Å². The molecule has 0 bridgehead atoms. The lowest BCUT2D eigenvalue weighted by molar-refractivity contribution is -0.309. The third-order valence-electron chi connectivity index (χ3n) is 5.80. The van der Waals surface area contributed by atoms with Crippen molar-refractivity contribution >= 4 is 53.2 Å². The van der Waals surface area contributed by atoms with E-state index in [0.717, 1.165) is 4.90 Å². The summed E-state index contributed by atoms with van der Waals surface area (Å²) in [7, 11) is 10.0. The Bertz CT molecular complexity index is 573. The van der Waals surface area contributed by atoms with Gasteiger partial charge in [-0.15, -0.1) is 0 Å². The van der Waals surface area contributed by atoms with E-state index >= 15 is 0 Å². The lowest BCUT2D eigenvalue weighted by Crippen LogP contribution is -2.85. The summed E-state index contributed by atoms with van der Waals surface area (Å²) in [6, 6.07) is 0. The summed E-state index contributed by atoms with van der Waals surface area (Å²) in [6.45, 7) is 5.89. The van der Waals surface area contributed by atoms with Crippen LogP contribution in [0, 0.1) is 0 Å². The number of nitrogens with zero attached hydrogens (tertiary/aromatic N) is 2. The van der Waals surface area contributed by atoms with Crippen LogP contribution in [0.2, 0.25) is 0 Å². The molecule has 2 unspecified atom stereocenters. The van der Waals surface area contributed by atoms with Crippen molar-refractivity contribution in [1.82, 2.24) is 9.80 Å². The van der Waals surface area contributed by atoms with Crippen LogP contribution in [0.5, 0.6) is 0 Å². The molecule has 16 heteroatoms. The summed E-state index contributed by atoms with van der Waals surface area (Å²) in [4.78, 5) is 15.8. The van der Waals surface area contributed by atoms with Crippen molar-refractivity contribution < 1.29 is 35.9 Å². The van der Waals surface area contributed by atoms with Gasteiger partial charge in [0.1, 0.15) is 47.1 Å². The van der Waals surface area contributed by atoms with E-state index in [1.54, 1.807) is 47.1 Å². The molecular formula is C12H24B6F6N2O2. The second-order valence-electron chi connectivity index (χ2n) is 9.42. The van der Waals surface area contributed by atoms with Crippen LogP contribution in [0.15, 0.2) is 0 Å². The fraction of sp³-hybridized carbons (Fsp3) is 0.917. The Morgan fingerprint density at radius 2 is 1.21 bits per heavy atom. The third kappa shape index (κ3) is 4.51. The van der Waals surface area contributed by atoms with Gasteiger partial charge in [-0.25, -0.2) is 4.79 Å². The van der Waals surface area contributed by atoms with Gasteiger partial charge in [0.15, 0.2) is 0 Å². The van der Waals surface area contributed by atoms with Crippen molar-refractivity contribution in [2.24, 2.45) is 0 Å². The van der Waals surface area contributed by atoms with E-state index in [2.05, 4.69) is 9.64 Å². The van der Waals surface area contributed by atoms with Gasteiger partial charge in [0, 0.05) is 5.54 Å². The fourth-order valence-electron chi connectivity index (χ4n) is 4.24. The number of hydrogen-bond acceptors (Lipinski definition) is 3. The van der Waals surface area contributed by atoms with Crippen LogP contribution in [0.3, 0.4) is 0 Å². The number of alkyl halides is 6. The van der Waals surface area contributed by atoms with Gasteiger partial charge in [0.05, 0.1) is 0 Å². The number of piperazine rings is 1. The molecule has 0 aromatic carbocycles. The zero-order valence-corrected chi connectivity index (χ0v) is 17.7. The van der Waals surface area contributed by atoms with E-state index in [1.807, 2.05) is 20.8 Å². The molecule has 0 radical (unpaired) electrons. The maximum atomic E-state index is 12.9. The average Bonchev–Trinajstić information content (AvgIpc) is 2.38. The average molecular weight is 407 g/mol. The minimum atomic E-state index is -5.76. The standard InChI is InChI=1S/C12H24B6F6N2O2/c1-8(2,3)25-5(13)9(15,16)26(10(17,18)6(25)14)7(27)28-4(11(19,20)21)12(22,23)24/h4-6H,13-18H2,1-3H3. The van der Waals surface area contributed by atoms with Gasteiger partial charge in [0.2, 0.25) is 0 Å². The quantitative estimate of drug-likeness (QED) is 0.339. The molecule has 1 heterocycles. The highest BCUT2D eigenvalue weighted by Gasteiger charge is 2.62. The number of rotatable bonds is 1. The van der Waals surface area contributed by atoms with Crippen LogP contribution < -0.4 is 0 Å². The molecule has 1 fully saturated rings. The molecule has 2 atom stereocenters. The minimum absolute atomic E-state index is 0.343. The van der Waals surface area contributed by atoms with Crippen LogP contribution >= 0.6 is 0 Å². The third-order valence-corrected chi connectivity index (χ3v) is 5.80. The summed E-state index contributed by atoms with van der Waals surface area (Å²) >= 11 is 0. The first-order chi connectivity index (χ1) is 12.1. The Morgan fingerprint density at radius 1 is 0.893 bits per heavy atom. The number of carbonyl (C=O) groups excluding carboxylic acids is 1. The monoisotopic (exact) mass is 408 g/mol. The van der Waals surface area contributed by atoms with E-state index in [9.17, 15) is 31.1 Å². The van der Waals surface area contributed by atoms with E-state index in [-0.39, 0.29) is 17.4 Å². The second kappa shape index (κ2) is 7.16. The van der Waals surface area contributed by atoms with Gasteiger partial charge >= 0.3 is 18.4 Å². The zero-order valence-electron chi connectivity index (χ0n) is 17.7. The summed E-state index contributed by atoms with van der Waals surface area (Å²) in [5.74, 6) is -0.725. The maximum Gasteiger partial charge on any atom is 0.434 e. The van der Waals surface area contributed by atoms with Crippen LogP contribution in [0.1, 0.15) is 20.8 Å². The number of halogens is 6. The maximum absolute atomic E-state index is 12.9. The molecule has 0 N–H and O–H groups in total. The minimum Gasteiger partial charge on any atom is -0.427 e. The van der Waals surface area contributed by atoms with Crippen molar-refractivity contribution in [2.75, 3.05) is 0 Å².